The average molecular weight is 374 g/mol. The summed E-state index contributed by atoms with van der Waals surface area (Å²) in [6, 6.07) is 8.02. The van der Waals surface area contributed by atoms with Crippen LogP contribution in [0.4, 0.5) is 0 Å². The van der Waals surface area contributed by atoms with E-state index in [0.29, 0.717) is 38.8 Å². The molecule has 2 aliphatic heterocycles. The number of piperidine rings is 1. The van der Waals surface area contributed by atoms with E-state index in [1.54, 1.807) is 0 Å². The molecule has 2 aliphatic rings. The monoisotopic (exact) mass is 374 g/mol. The zero-order valence-corrected chi connectivity index (χ0v) is 16.2. The van der Waals surface area contributed by atoms with E-state index in [1.807, 2.05) is 28.9 Å². The van der Waals surface area contributed by atoms with Crippen LogP contribution in [0.3, 0.4) is 0 Å². The molecule has 1 aromatic rings. The highest BCUT2D eigenvalue weighted by molar-refractivity contribution is 5.94. The van der Waals surface area contributed by atoms with Crippen molar-refractivity contribution in [2.75, 3.05) is 52.6 Å². The molecule has 2 saturated heterocycles. The van der Waals surface area contributed by atoms with Gasteiger partial charge in [0, 0.05) is 38.3 Å². The molecular formula is C21H30N2O4. The van der Waals surface area contributed by atoms with E-state index in [0.717, 1.165) is 37.9 Å². The first-order valence-corrected chi connectivity index (χ1v) is 9.99. The standard InChI is InChI=1S/C21H30N2O4/c1-2-26-16-20(24)22-9-7-18(8-10-22)15-17-3-5-19(6-4-17)21(25)23-11-13-27-14-12-23/h3-6,18H,2,7-16H2,1H3. The Hall–Kier alpha value is -1.92. The van der Waals surface area contributed by atoms with Crippen molar-refractivity contribution in [3.63, 3.8) is 0 Å². The van der Waals surface area contributed by atoms with Gasteiger partial charge < -0.3 is 19.3 Å². The highest BCUT2D eigenvalue weighted by Gasteiger charge is 2.23. The van der Waals surface area contributed by atoms with E-state index < -0.39 is 0 Å². The zero-order valence-electron chi connectivity index (χ0n) is 16.2. The number of morpholine rings is 1. The Kier molecular flexibility index (Phi) is 7.24. The van der Waals surface area contributed by atoms with Gasteiger partial charge in [-0.05, 0) is 49.8 Å². The van der Waals surface area contributed by atoms with Crippen LogP contribution in [0.1, 0.15) is 35.7 Å². The second-order valence-electron chi connectivity index (χ2n) is 7.27. The Morgan fingerprint density at radius 2 is 1.70 bits per heavy atom. The number of carbonyl (C=O) groups is 2. The molecule has 6 heteroatoms. The van der Waals surface area contributed by atoms with E-state index in [4.69, 9.17) is 9.47 Å². The van der Waals surface area contributed by atoms with Gasteiger partial charge in [0.05, 0.1) is 13.2 Å². The van der Waals surface area contributed by atoms with E-state index >= 15 is 0 Å². The number of benzene rings is 1. The first-order chi connectivity index (χ1) is 13.2. The number of hydrogen-bond donors (Lipinski definition) is 0. The molecule has 0 unspecified atom stereocenters. The van der Waals surface area contributed by atoms with Gasteiger partial charge in [0.2, 0.25) is 5.91 Å². The van der Waals surface area contributed by atoms with Crippen molar-refractivity contribution in [3.8, 4) is 0 Å². The topological polar surface area (TPSA) is 59.1 Å². The third-order valence-corrected chi connectivity index (χ3v) is 5.42. The summed E-state index contributed by atoms with van der Waals surface area (Å²) in [5.74, 6) is 0.772. The third kappa shape index (κ3) is 5.53. The lowest BCUT2D eigenvalue weighted by Gasteiger charge is -2.32. The van der Waals surface area contributed by atoms with Crippen LogP contribution in [0.2, 0.25) is 0 Å². The van der Waals surface area contributed by atoms with Gasteiger partial charge in [-0.25, -0.2) is 0 Å². The predicted molar refractivity (Wildman–Crippen MR) is 103 cm³/mol. The maximum atomic E-state index is 12.5. The van der Waals surface area contributed by atoms with Crippen LogP contribution in [-0.2, 0) is 20.7 Å². The molecule has 1 aromatic carbocycles. The molecule has 2 fully saturated rings. The molecular weight excluding hydrogens is 344 g/mol. The molecule has 2 heterocycles. The molecule has 0 spiro atoms. The van der Waals surface area contributed by atoms with E-state index in [2.05, 4.69) is 12.1 Å². The largest absolute Gasteiger partial charge is 0.378 e. The number of amides is 2. The Labute approximate surface area is 161 Å². The summed E-state index contributed by atoms with van der Waals surface area (Å²) in [7, 11) is 0. The van der Waals surface area contributed by atoms with Crippen LogP contribution in [0.15, 0.2) is 24.3 Å². The Morgan fingerprint density at radius 1 is 1.04 bits per heavy atom. The maximum absolute atomic E-state index is 12.5. The highest BCUT2D eigenvalue weighted by Crippen LogP contribution is 2.22. The minimum atomic E-state index is 0.0889. The van der Waals surface area contributed by atoms with Crippen molar-refractivity contribution < 1.29 is 19.1 Å². The summed E-state index contributed by atoms with van der Waals surface area (Å²) >= 11 is 0. The fourth-order valence-electron chi connectivity index (χ4n) is 3.73. The molecule has 3 rings (SSSR count). The summed E-state index contributed by atoms with van der Waals surface area (Å²) < 4.78 is 10.5. The van der Waals surface area contributed by atoms with E-state index in [9.17, 15) is 9.59 Å². The molecule has 2 amide bonds. The van der Waals surface area contributed by atoms with Crippen LogP contribution in [0.5, 0.6) is 0 Å². The fraction of sp³-hybridized carbons (Fsp3) is 0.619. The van der Waals surface area contributed by atoms with Crippen LogP contribution < -0.4 is 0 Å². The fourth-order valence-corrected chi connectivity index (χ4v) is 3.73. The zero-order chi connectivity index (χ0) is 19.1. The van der Waals surface area contributed by atoms with Crippen molar-refractivity contribution >= 4 is 11.8 Å². The first kappa shape index (κ1) is 19.8. The van der Waals surface area contributed by atoms with Crippen LogP contribution in [-0.4, -0.2) is 74.2 Å². The van der Waals surface area contributed by atoms with Gasteiger partial charge in [-0.1, -0.05) is 12.1 Å². The van der Waals surface area contributed by atoms with Crippen molar-refractivity contribution in [1.29, 1.82) is 0 Å². The molecule has 27 heavy (non-hydrogen) atoms. The Balaban J connectivity index is 1.46. The van der Waals surface area contributed by atoms with E-state index in [-0.39, 0.29) is 18.4 Å². The normalized spacial score (nSPS) is 18.6. The Bertz CT molecular complexity index is 618. The van der Waals surface area contributed by atoms with Crippen molar-refractivity contribution in [2.45, 2.75) is 26.2 Å². The van der Waals surface area contributed by atoms with Crippen molar-refractivity contribution in [1.82, 2.24) is 9.80 Å². The summed E-state index contributed by atoms with van der Waals surface area (Å²) in [6.07, 6.45) is 3.04. The third-order valence-electron chi connectivity index (χ3n) is 5.42. The summed E-state index contributed by atoms with van der Waals surface area (Å²) in [5, 5.41) is 0. The van der Waals surface area contributed by atoms with Crippen LogP contribution in [0, 0.1) is 5.92 Å². The number of nitrogens with zero attached hydrogens (tertiary/aromatic N) is 2. The minimum Gasteiger partial charge on any atom is -0.378 e. The number of hydrogen-bond acceptors (Lipinski definition) is 4. The van der Waals surface area contributed by atoms with Crippen molar-refractivity contribution in [3.05, 3.63) is 35.4 Å². The number of likely N-dealkylation sites (tertiary alicyclic amines) is 1. The number of ether oxygens (including phenoxy) is 2. The summed E-state index contributed by atoms with van der Waals surface area (Å²) in [4.78, 5) is 28.3. The van der Waals surface area contributed by atoms with Gasteiger partial charge in [-0.2, -0.15) is 0 Å². The highest BCUT2D eigenvalue weighted by atomic mass is 16.5. The molecule has 0 N–H and O–H groups in total. The van der Waals surface area contributed by atoms with Crippen molar-refractivity contribution in [2.24, 2.45) is 5.92 Å². The summed E-state index contributed by atoms with van der Waals surface area (Å²) in [6.45, 7) is 6.87. The van der Waals surface area contributed by atoms with Gasteiger partial charge >= 0.3 is 0 Å². The van der Waals surface area contributed by atoms with Crippen LogP contribution >= 0.6 is 0 Å². The Morgan fingerprint density at radius 3 is 2.33 bits per heavy atom. The van der Waals surface area contributed by atoms with Crippen LogP contribution in [0.25, 0.3) is 0 Å². The number of rotatable bonds is 6. The molecule has 6 nitrogen and oxygen atoms in total. The van der Waals surface area contributed by atoms with Gasteiger partial charge in [0.15, 0.2) is 0 Å². The van der Waals surface area contributed by atoms with Gasteiger partial charge in [0.1, 0.15) is 6.61 Å². The average Bonchev–Trinajstić information content (AvgIpc) is 2.73. The van der Waals surface area contributed by atoms with E-state index in [1.165, 1.54) is 5.56 Å². The molecule has 0 radical (unpaired) electrons. The molecule has 0 aromatic heterocycles. The minimum absolute atomic E-state index is 0.0889. The molecule has 0 bridgehead atoms. The first-order valence-electron chi connectivity index (χ1n) is 9.99. The lowest BCUT2D eigenvalue weighted by molar-refractivity contribution is -0.137. The molecule has 0 aliphatic carbocycles. The molecule has 0 saturated carbocycles. The van der Waals surface area contributed by atoms with Gasteiger partial charge in [-0.15, -0.1) is 0 Å². The lowest BCUT2D eigenvalue weighted by atomic mass is 9.90. The second-order valence-corrected chi connectivity index (χ2v) is 7.27. The van der Waals surface area contributed by atoms with Gasteiger partial charge in [0.25, 0.3) is 5.91 Å². The smallest absolute Gasteiger partial charge is 0.254 e. The molecule has 0 atom stereocenters. The molecule has 148 valence electrons. The quantitative estimate of drug-likeness (QED) is 0.764. The summed E-state index contributed by atoms with van der Waals surface area (Å²) in [5.41, 5.74) is 2.00. The predicted octanol–water partition coefficient (Wildman–Crippen LogP) is 1.98. The van der Waals surface area contributed by atoms with Gasteiger partial charge in [-0.3, -0.25) is 9.59 Å². The lowest BCUT2D eigenvalue weighted by Crippen LogP contribution is -2.41. The SMILES string of the molecule is CCOCC(=O)N1CCC(Cc2ccc(C(=O)N3CCOCC3)cc2)CC1. The second kappa shape index (κ2) is 9.85. The number of carbonyl (C=O) groups excluding carboxylic acids is 2. The maximum Gasteiger partial charge on any atom is 0.254 e.